The fourth-order valence-electron chi connectivity index (χ4n) is 2.58. The maximum Gasteiger partial charge on any atom is 0.339 e. The number of esters is 1. The molecule has 0 atom stereocenters. The van der Waals surface area contributed by atoms with Crippen LogP contribution in [0.3, 0.4) is 0 Å². The monoisotopic (exact) mass is 363 g/mol. The van der Waals surface area contributed by atoms with E-state index in [0.717, 1.165) is 9.13 Å². The summed E-state index contributed by atoms with van der Waals surface area (Å²) in [6.45, 7) is 4.30. The van der Waals surface area contributed by atoms with Gasteiger partial charge in [-0.05, 0) is 32.9 Å². The number of carbonyl (C=O) groups excluding carboxylic acids is 1. The summed E-state index contributed by atoms with van der Waals surface area (Å²) >= 11 is 0. The van der Waals surface area contributed by atoms with Gasteiger partial charge in [0, 0.05) is 13.1 Å². The summed E-state index contributed by atoms with van der Waals surface area (Å²) in [6.07, 6.45) is 0. The summed E-state index contributed by atoms with van der Waals surface area (Å²) in [5.41, 5.74) is 3.19. The Hall–Kier alpha value is -2.94. The first-order chi connectivity index (χ1) is 12.1. The minimum absolute atomic E-state index is 0.00231. The van der Waals surface area contributed by atoms with Crippen LogP contribution in [0.15, 0.2) is 27.8 Å². The Morgan fingerprint density at radius 1 is 1.19 bits per heavy atom. The van der Waals surface area contributed by atoms with Crippen LogP contribution in [0.5, 0.6) is 0 Å². The molecule has 3 N–H and O–H groups in total. The van der Waals surface area contributed by atoms with E-state index in [1.165, 1.54) is 18.2 Å². The SMILES string of the molecule is CC(C)(C)OC(=O)c1cccc2c1c(=O)n(CCN)c(=O)n2CC(=O)O. The molecule has 0 fully saturated rings. The number of hydrogen-bond donors (Lipinski definition) is 2. The number of rotatable bonds is 5. The van der Waals surface area contributed by atoms with E-state index < -0.39 is 35.3 Å². The number of carboxylic acids is 1. The Morgan fingerprint density at radius 2 is 1.85 bits per heavy atom. The van der Waals surface area contributed by atoms with E-state index in [0.29, 0.717) is 0 Å². The summed E-state index contributed by atoms with van der Waals surface area (Å²) < 4.78 is 7.09. The second-order valence-corrected chi connectivity index (χ2v) is 6.71. The number of aromatic nitrogens is 2. The first kappa shape index (κ1) is 19.4. The number of nitrogens with two attached hydrogens (primary N) is 1. The molecule has 2 rings (SSSR count). The van der Waals surface area contributed by atoms with E-state index in [2.05, 4.69) is 0 Å². The van der Waals surface area contributed by atoms with Crippen LogP contribution in [0.4, 0.5) is 0 Å². The molecule has 0 unspecified atom stereocenters. The molecular weight excluding hydrogens is 342 g/mol. The molecule has 0 saturated heterocycles. The summed E-state index contributed by atoms with van der Waals surface area (Å²) in [6, 6.07) is 4.29. The minimum Gasteiger partial charge on any atom is -0.480 e. The molecule has 1 aromatic heterocycles. The van der Waals surface area contributed by atoms with Gasteiger partial charge in [-0.3, -0.25) is 18.7 Å². The Kier molecular flexibility index (Phi) is 5.31. The molecule has 0 spiro atoms. The van der Waals surface area contributed by atoms with Crippen molar-refractivity contribution in [1.29, 1.82) is 0 Å². The molecule has 0 aliphatic heterocycles. The second kappa shape index (κ2) is 7.12. The van der Waals surface area contributed by atoms with Gasteiger partial charge in [0.05, 0.1) is 16.5 Å². The fourth-order valence-corrected chi connectivity index (χ4v) is 2.58. The third kappa shape index (κ3) is 3.83. The van der Waals surface area contributed by atoms with Crippen molar-refractivity contribution in [2.75, 3.05) is 6.54 Å². The lowest BCUT2D eigenvalue weighted by molar-refractivity contribution is -0.137. The molecule has 9 heteroatoms. The van der Waals surface area contributed by atoms with Crippen molar-refractivity contribution in [3.8, 4) is 0 Å². The summed E-state index contributed by atoms with van der Waals surface area (Å²) in [4.78, 5) is 49.0. The van der Waals surface area contributed by atoms with Crippen molar-refractivity contribution in [3.63, 3.8) is 0 Å². The predicted molar refractivity (Wildman–Crippen MR) is 94.3 cm³/mol. The van der Waals surface area contributed by atoms with Crippen LogP contribution in [0.25, 0.3) is 10.9 Å². The van der Waals surface area contributed by atoms with Gasteiger partial charge in [-0.2, -0.15) is 0 Å². The largest absolute Gasteiger partial charge is 0.480 e. The first-order valence-electron chi connectivity index (χ1n) is 7.98. The van der Waals surface area contributed by atoms with Gasteiger partial charge in [-0.15, -0.1) is 0 Å². The van der Waals surface area contributed by atoms with Gasteiger partial charge in [-0.1, -0.05) is 6.07 Å². The highest BCUT2D eigenvalue weighted by Gasteiger charge is 2.24. The molecule has 140 valence electrons. The molecule has 1 aromatic carbocycles. The van der Waals surface area contributed by atoms with Gasteiger partial charge >= 0.3 is 17.6 Å². The first-order valence-corrected chi connectivity index (χ1v) is 7.98. The number of aliphatic carboxylic acids is 1. The Balaban J connectivity index is 2.88. The number of carboxylic acid groups (broad SMARTS) is 1. The lowest BCUT2D eigenvalue weighted by Crippen LogP contribution is -2.43. The summed E-state index contributed by atoms with van der Waals surface area (Å²) in [7, 11) is 0. The van der Waals surface area contributed by atoms with Gasteiger partial charge < -0.3 is 15.6 Å². The minimum atomic E-state index is -1.26. The predicted octanol–water partition coefficient (Wildman–Crippen LogP) is 0.162. The number of hydrogen-bond acceptors (Lipinski definition) is 6. The Morgan fingerprint density at radius 3 is 2.38 bits per heavy atom. The van der Waals surface area contributed by atoms with Gasteiger partial charge in [-0.25, -0.2) is 9.59 Å². The Labute approximate surface area is 148 Å². The van der Waals surface area contributed by atoms with Crippen LogP contribution >= 0.6 is 0 Å². The Bertz CT molecular complexity index is 981. The lowest BCUT2D eigenvalue weighted by atomic mass is 10.1. The van der Waals surface area contributed by atoms with Gasteiger partial charge in [0.15, 0.2) is 0 Å². The molecule has 0 bridgehead atoms. The maximum atomic E-state index is 12.8. The van der Waals surface area contributed by atoms with E-state index in [9.17, 15) is 19.2 Å². The molecule has 0 amide bonds. The van der Waals surface area contributed by atoms with E-state index in [-0.39, 0.29) is 29.6 Å². The van der Waals surface area contributed by atoms with Crippen LogP contribution in [0, 0.1) is 0 Å². The van der Waals surface area contributed by atoms with Crippen LogP contribution in [-0.2, 0) is 22.6 Å². The zero-order valence-electron chi connectivity index (χ0n) is 14.8. The van der Waals surface area contributed by atoms with Crippen LogP contribution in [0.2, 0.25) is 0 Å². The van der Waals surface area contributed by atoms with E-state index >= 15 is 0 Å². The highest BCUT2D eigenvalue weighted by molar-refractivity contribution is 6.03. The van der Waals surface area contributed by atoms with E-state index in [1.54, 1.807) is 20.8 Å². The highest BCUT2D eigenvalue weighted by Crippen LogP contribution is 2.18. The molecule has 9 nitrogen and oxygen atoms in total. The third-order valence-electron chi connectivity index (χ3n) is 3.52. The number of nitrogens with zero attached hydrogens (tertiary/aromatic N) is 2. The van der Waals surface area contributed by atoms with Gasteiger partial charge in [0.25, 0.3) is 5.56 Å². The highest BCUT2D eigenvalue weighted by atomic mass is 16.6. The molecule has 1 heterocycles. The summed E-state index contributed by atoms with van der Waals surface area (Å²) in [5.74, 6) is -1.99. The fraction of sp³-hybridized carbons (Fsp3) is 0.412. The zero-order chi connectivity index (χ0) is 19.6. The molecule has 2 aromatic rings. The third-order valence-corrected chi connectivity index (χ3v) is 3.52. The quantitative estimate of drug-likeness (QED) is 0.723. The lowest BCUT2D eigenvalue weighted by Gasteiger charge is -2.20. The van der Waals surface area contributed by atoms with Crippen molar-refractivity contribution in [2.45, 2.75) is 39.5 Å². The van der Waals surface area contributed by atoms with Crippen LogP contribution in [0.1, 0.15) is 31.1 Å². The van der Waals surface area contributed by atoms with Crippen molar-refractivity contribution in [3.05, 3.63) is 44.6 Å². The zero-order valence-corrected chi connectivity index (χ0v) is 14.8. The van der Waals surface area contributed by atoms with Gasteiger partial charge in [0.2, 0.25) is 0 Å². The molecule has 0 saturated carbocycles. The smallest absolute Gasteiger partial charge is 0.339 e. The van der Waals surface area contributed by atoms with E-state index in [1.807, 2.05) is 0 Å². The molecule has 0 aliphatic rings. The molecule has 0 aliphatic carbocycles. The van der Waals surface area contributed by atoms with Crippen molar-refractivity contribution in [1.82, 2.24) is 9.13 Å². The second-order valence-electron chi connectivity index (χ2n) is 6.71. The number of fused-ring (bicyclic) bond motifs is 1. The van der Waals surface area contributed by atoms with Crippen LogP contribution in [-0.4, -0.2) is 38.3 Å². The number of ether oxygens (including phenoxy) is 1. The van der Waals surface area contributed by atoms with Gasteiger partial charge in [0.1, 0.15) is 12.1 Å². The van der Waals surface area contributed by atoms with Crippen molar-refractivity contribution < 1.29 is 19.4 Å². The average Bonchev–Trinajstić information content (AvgIpc) is 2.53. The van der Waals surface area contributed by atoms with Crippen molar-refractivity contribution in [2.24, 2.45) is 5.73 Å². The number of carbonyl (C=O) groups is 2. The summed E-state index contributed by atoms with van der Waals surface area (Å²) in [5, 5.41) is 9.04. The van der Waals surface area contributed by atoms with Crippen LogP contribution < -0.4 is 17.0 Å². The standard InChI is InChI=1S/C17H21N3O6/c1-17(2,3)26-15(24)10-5-4-6-11-13(10)14(23)19(8-7-18)16(25)20(11)9-12(21)22/h4-6H,7-9,18H2,1-3H3,(H,21,22). The van der Waals surface area contributed by atoms with E-state index in [4.69, 9.17) is 15.6 Å². The normalized spacial score (nSPS) is 11.5. The number of benzene rings is 1. The topological polar surface area (TPSA) is 134 Å². The van der Waals surface area contributed by atoms with Crippen molar-refractivity contribution >= 4 is 22.8 Å². The molecular formula is C17H21N3O6. The molecule has 26 heavy (non-hydrogen) atoms. The maximum absolute atomic E-state index is 12.8. The average molecular weight is 363 g/mol. The molecule has 0 radical (unpaired) electrons.